The highest BCUT2D eigenvalue weighted by Crippen LogP contribution is 2.10. The van der Waals surface area contributed by atoms with E-state index in [2.05, 4.69) is 9.47 Å². The molecule has 1 aliphatic heterocycles. The number of Topliss-reactive ketones (excluding diaryl/α,β-unsaturated/α-hetero) is 1. The summed E-state index contributed by atoms with van der Waals surface area (Å²) in [5.74, 6) is -4.11. The van der Waals surface area contributed by atoms with E-state index in [1.165, 1.54) is 0 Å². The van der Waals surface area contributed by atoms with Crippen LogP contribution in [0.5, 0.6) is 0 Å². The minimum atomic E-state index is -3.00. The van der Waals surface area contributed by atoms with Crippen LogP contribution < -0.4 is 0 Å². The number of carbonyl (C=O) groups is 2. The van der Waals surface area contributed by atoms with Crippen molar-refractivity contribution in [1.82, 2.24) is 0 Å². The molecule has 0 saturated carbocycles. The van der Waals surface area contributed by atoms with Crippen molar-refractivity contribution in [3.05, 3.63) is 0 Å². The first-order chi connectivity index (χ1) is 4.52. The molecule has 10 heavy (non-hydrogen) atoms. The van der Waals surface area contributed by atoms with Crippen LogP contribution >= 0.6 is 0 Å². The second-order valence-electron chi connectivity index (χ2n) is 1.67. The third kappa shape index (κ3) is 1.07. The van der Waals surface area contributed by atoms with E-state index < -0.39 is 24.5 Å². The molecule has 6 nitrogen and oxygen atoms in total. The fourth-order valence-electron chi connectivity index (χ4n) is 0.421. The Morgan fingerprint density at radius 1 is 1.40 bits per heavy atom. The zero-order chi connectivity index (χ0) is 7.78. The molecule has 0 bridgehead atoms. The molecule has 0 aliphatic carbocycles. The van der Waals surface area contributed by atoms with Crippen LogP contribution in [-0.2, 0) is 14.3 Å². The fraction of sp³-hybridized carbons (Fsp3) is 0.500. The SMILES string of the molecule is O=C1OCC(=O)C(O)(O)O1. The fourth-order valence-corrected chi connectivity index (χ4v) is 0.421. The van der Waals surface area contributed by atoms with E-state index >= 15 is 0 Å². The highest BCUT2D eigenvalue weighted by atomic mass is 16.9. The molecule has 0 aromatic rings. The summed E-state index contributed by atoms with van der Waals surface area (Å²) in [6.45, 7) is -0.675. The number of rotatable bonds is 0. The normalized spacial score (nSPS) is 23.4. The van der Waals surface area contributed by atoms with Crippen molar-refractivity contribution in [2.24, 2.45) is 0 Å². The summed E-state index contributed by atoms with van der Waals surface area (Å²) in [5, 5.41) is 17.0. The van der Waals surface area contributed by atoms with Crippen LogP contribution in [0.25, 0.3) is 0 Å². The van der Waals surface area contributed by atoms with Crippen LogP contribution in [0, 0.1) is 0 Å². The molecule has 1 aliphatic rings. The molecule has 0 unspecified atom stereocenters. The van der Waals surface area contributed by atoms with Crippen molar-refractivity contribution < 1.29 is 29.3 Å². The molecule has 0 atom stereocenters. The van der Waals surface area contributed by atoms with Gasteiger partial charge in [0.1, 0.15) is 0 Å². The highest BCUT2D eigenvalue weighted by molar-refractivity contribution is 5.89. The van der Waals surface area contributed by atoms with Gasteiger partial charge in [-0.1, -0.05) is 0 Å². The molecule has 0 spiro atoms. The lowest BCUT2D eigenvalue weighted by atomic mass is 10.3. The Bertz CT molecular complexity index is 182. The van der Waals surface area contributed by atoms with Gasteiger partial charge in [-0.2, -0.15) is 0 Å². The van der Waals surface area contributed by atoms with Crippen LogP contribution in [0.3, 0.4) is 0 Å². The molecule has 56 valence electrons. The van der Waals surface area contributed by atoms with Crippen molar-refractivity contribution in [2.45, 2.75) is 5.97 Å². The van der Waals surface area contributed by atoms with Crippen LogP contribution in [0.1, 0.15) is 0 Å². The first-order valence-corrected chi connectivity index (χ1v) is 2.36. The molecule has 0 amide bonds. The zero-order valence-electron chi connectivity index (χ0n) is 4.73. The maximum Gasteiger partial charge on any atom is 0.513 e. The van der Waals surface area contributed by atoms with Crippen LogP contribution in [-0.4, -0.2) is 34.7 Å². The number of carbonyl (C=O) groups excluding carboxylic acids is 2. The number of hydrogen-bond donors (Lipinski definition) is 2. The van der Waals surface area contributed by atoms with Crippen molar-refractivity contribution >= 4 is 11.9 Å². The average Bonchev–Trinajstić information content (AvgIpc) is 1.78. The number of ketones is 1. The Kier molecular flexibility index (Phi) is 1.34. The summed E-state index contributed by atoms with van der Waals surface area (Å²) in [5.41, 5.74) is 0. The monoisotopic (exact) mass is 148 g/mol. The van der Waals surface area contributed by atoms with Crippen LogP contribution in [0.15, 0.2) is 0 Å². The molecule has 1 rings (SSSR count). The smallest absolute Gasteiger partial charge is 0.426 e. The summed E-state index contributed by atoms with van der Waals surface area (Å²) >= 11 is 0. The third-order valence-corrected chi connectivity index (χ3v) is 0.910. The van der Waals surface area contributed by atoms with Crippen molar-refractivity contribution in [3.63, 3.8) is 0 Å². The topological polar surface area (TPSA) is 93.1 Å². The lowest BCUT2D eigenvalue weighted by molar-refractivity contribution is -0.302. The molecule has 1 fully saturated rings. The zero-order valence-corrected chi connectivity index (χ0v) is 4.73. The van der Waals surface area contributed by atoms with Gasteiger partial charge in [0.05, 0.1) is 0 Å². The lowest BCUT2D eigenvalue weighted by Gasteiger charge is -2.22. The molecule has 1 heterocycles. The Labute approximate surface area is 55.0 Å². The molecule has 2 N–H and O–H groups in total. The number of aliphatic hydroxyl groups is 2. The van der Waals surface area contributed by atoms with Crippen molar-refractivity contribution in [3.8, 4) is 0 Å². The van der Waals surface area contributed by atoms with E-state index in [1.54, 1.807) is 0 Å². The predicted octanol–water partition coefficient (Wildman–Crippen LogP) is -1.64. The Morgan fingerprint density at radius 2 is 2.00 bits per heavy atom. The molecule has 0 aromatic heterocycles. The first-order valence-electron chi connectivity index (χ1n) is 2.36. The van der Waals surface area contributed by atoms with E-state index in [9.17, 15) is 9.59 Å². The molecule has 0 aromatic carbocycles. The summed E-state index contributed by atoms with van der Waals surface area (Å²) in [4.78, 5) is 20.5. The van der Waals surface area contributed by atoms with Gasteiger partial charge in [-0.05, 0) is 0 Å². The van der Waals surface area contributed by atoms with Crippen LogP contribution in [0.4, 0.5) is 4.79 Å². The van der Waals surface area contributed by atoms with E-state index in [-0.39, 0.29) is 0 Å². The number of hydrogen-bond acceptors (Lipinski definition) is 6. The molecular weight excluding hydrogens is 144 g/mol. The van der Waals surface area contributed by atoms with Crippen molar-refractivity contribution in [1.29, 1.82) is 0 Å². The highest BCUT2D eigenvalue weighted by Gasteiger charge is 2.43. The largest absolute Gasteiger partial charge is 0.513 e. The standard InChI is InChI=1S/C4H4O6/c5-2-1-9-3(6)10-4(2,7)8/h7-8H,1H2. The van der Waals surface area contributed by atoms with Gasteiger partial charge in [0.2, 0.25) is 0 Å². The number of ether oxygens (including phenoxy) is 2. The van der Waals surface area contributed by atoms with Gasteiger partial charge in [-0.15, -0.1) is 0 Å². The maximum absolute atomic E-state index is 10.4. The second kappa shape index (κ2) is 1.93. The van der Waals surface area contributed by atoms with Gasteiger partial charge < -0.3 is 19.7 Å². The second-order valence-corrected chi connectivity index (χ2v) is 1.67. The van der Waals surface area contributed by atoms with Gasteiger partial charge >= 0.3 is 12.1 Å². The van der Waals surface area contributed by atoms with Gasteiger partial charge in [0.25, 0.3) is 5.78 Å². The summed E-state index contributed by atoms with van der Waals surface area (Å²) in [6.07, 6.45) is -1.27. The summed E-state index contributed by atoms with van der Waals surface area (Å²) in [7, 11) is 0. The molecular formula is C4H4O6. The molecule has 6 heteroatoms. The minimum absolute atomic E-state index is 0.675. The first kappa shape index (κ1) is 6.97. The Balaban J connectivity index is 2.73. The minimum Gasteiger partial charge on any atom is -0.426 e. The van der Waals surface area contributed by atoms with Crippen LogP contribution in [0.2, 0.25) is 0 Å². The molecule has 0 radical (unpaired) electrons. The van der Waals surface area contributed by atoms with Gasteiger partial charge in [0.15, 0.2) is 6.61 Å². The quantitative estimate of drug-likeness (QED) is 0.316. The average molecular weight is 148 g/mol. The van der Waals surface area contributed by atoms with E-state index in [1.807, 2.05) is 0 Å². The van der Waals surface area contributed by atoms with Crippen molar-refractivity contribution in [2.75, 3.05) is 6.61 Å². The third-order valence-electron chi connectivity index (χ3n) is 0.910. The summed E-state index contributed by atoms with van der Waals surface area (Å²) < 4.78 is 7.68. The van der Waals surface area contributed by atoms with Gasteiger partial charge in [-0.3, -0.25) is 4.79 Å². The Hall–Kier alpha value is -1.14. The Morgan fingerprint density at radius 3 is 2.40 bits per heavy atom. The van der Waals surface area contributed by atoms with E-state index in [0.717, 1.165) is 0 Å². The predicted molar refractivity (Wildman–Crippen MR) is 24.6 cm³/mol. The maximum atomic E-state index is 10.4. The molecule has 1 saturated heterocycles. The van der Waals surface area contributed by atoms with E-state index in [4.69, 9.17) is 10.2 Å². The van der Waals surface area contributed by atoms with E-state index in [0.29, 0.717) is 0 Å². The number of cyclic esters (lactones) is 2. The van der Waals surface area contributed by atoms with Gasteiger partial charge in [0, 0.05) is 0 Å². The summed E-state index contributed by atoms with van der Waals surface area (Å²) in [6, 6.07) is 0. The lowest BCUT2D eigenvalue weighted by Crippen LogP contribution is -2.49. The van der Waals surface area contributed by atoms with Gasteiger partial charge in [-0.25, -0.2) is 4.79 Å².